The van der Waals surface area contributed by atoms with Gasteiger partial charge in [-0.2, -0.15) is 0 Å². The smallest absolute Gasteiger partial charge is 0.320 e. The zero-order valence-corrected chi connectivity index (χ0v) is 13.1. The molecule has 1 aromatic carbocycles. The fraction of sp³-hybridized carbons (Fsp3) is 0.429. The molecule has 5 heteroatoms. The molecular weight excluding hydrogens is 310 g/mol. The normalized spacial score (nSPS) is 11.0. The molecule has 1 N–H and O–H groups in total. The lowest BCUT2D eigenvalue weighted by atomic mass is 9.92. The van der Waals surface area contributed by atoms with Crippen molar-refractivity contribution in [2.45, 2.75) is 27.3 Å². The van der Waals surface area contributed by atoms with Crippen molar-refractivity contribution in [1.82, 2.24) is 5.32 Å². The van der Waals surface area contributed by atoms with Crippen molar-refractivity contribution in [2.75, 3.05) is 7.11 Å². The topological polar surface area (TPSA) is 55.4 Å². The summed E-state index contributed by atoms with van der Waals surface area (Å²) >= 11 is 3.39. The van der Waals surface area contributed by atoms with Gasteiger partial charge in [0.1, 0.15) is 5.41 Å². The van der Waals surface area contributed by atoms with Crippen LogP contribution < -0.4 is 5.32 Å². The number of esters is 1. The molecule has 4 nitrogen and oxygen atoms in total. The van der Waals surface area contributed by atoms with E-state index in [0.29, 0.717) is 6.54 Å². The summed E-state index contributed by atoms with van der Waals surface area (Å²) in [5.41, 5.74) is 0.900. The number of ether oxygens (including phenoxy) is 1. The van der Waals surface area contributed by atoms with E-state index in [1.807, 2.05) is 25.1 Å². The Morgan fingerprint density at radius 1 is 1.37 bits per heavy atom. The van der Waals surface area contributed by atoms with Crippen molar-refractivity contribution in [1.29, 1.82) is 0 Å². The fourth-order valence-corrected chi connectivity index (χ4v) is 1.98. The average Bonchev–Trinajstić information content (AvgIpc) is 2.38. The Morgan fingerprint density at radius 3 is 2.58 bits per heavy atom. The van der Waals surface area contributed by atoms with Gasteiger partial charge >= 0.3 is 5.97 Å². The average molecular weight is 328 g/mol. The Bertz CT molecular complexity index is 497. The van der Waals surface area contributed by atoms with E-state index < -0.39 is 11.4 Å². The summed E-state index contributed by atoms with van der Waals surface area (Å²) in [5.74, 6) is -0.894. The molecule has 1 amide bonds. The van der Waals surface area contributed by atoms with Crippen LogP contribution in [0.1, 0.15) is 25.0 Å². The number of methoxy groups -OCH3 is 1. The second kappa shape index (κ2) is 6.19. The van der Waals surface area contributed by atoms with Gasteiger partial charge in [-0.1, -0.05) is 22.0 Å². The van der Waals surface area contributed by atoms with E-state index in [4.69, 9.17) is 0 Å². The molecule has 0 aliphatic carbocycles. The molecule has 0 saturated carbocycles. The molecule has 1 rings (SSSR count). The standard InChI is InChI=1S/C14H18BrNO3/c1-9-5-6-11(15)7-10(9)8-16-12(17)14(2,3)13(18)19-4/h5-7H,8H2,1-4H3,(H,16,17). The van der Waals surface area contributed by atoms with E-state index >= 15 is 0 Å². The van der Waals surface area contributed by atoms with Crippen LogP contribution in [-0.2, 0) is 20.9 Å². The molecule has 0 aromatic heterocycles. The molecule has 0 spiro atoms. The van der Waals surface area contributed by atoms with Crippen LogP contribution in [0.25, 0.3) is 0 Å². The van der Waals surface area contributed by atoms with Gasteiger partial charge in [-0.25, -0.2) is 0 Å². The molecule has 0 bridgehead atoms. The molecule has 1 aromatic rings. The summed E-state index contributed by atoms with van der Waals surface area (Å²) in [5, 5.41) is 2.76. The van der Waals surface area contributed by atoms with Crippen molar-refractivity contribution < 1.29 is 14.3 Å². The Labute approximate surface area is 121 Å². The second-order valence-electron chi connectivity index (χ2n) is 4.87. The number of hydrogen-bond donors (Lipinski definition) is 1. The maximum absolute atomic E-state index is 12.0. The molecular formula is C14H18BrNO3. The summed E-state index contributed by atoms with van der Waals surface area (Å²) in [6.07, 6.45) is 0. The van der Waals surface area contributed by atoms with Crippen molar-refractivity contribution >= 4 is 27.8 Å². The molecule has 0 heterocycles. The van der Waals surface area contributed by atoms with Gasteiger partial charge in [0.05, 0.1) is 7.11 Å². The molecule has 0 saturated heterocycles. The summed E-state index contributed by atoms with van der Waals surface area (Å²) in [7, 11) is 1.27. The number of amides is 1. The first-order chi connectivity index (χ1) is 8.78. The van der Waals surface area contributed by atoms with Crippen LogP contribution >= 0.6 is 15.9 Å². The van der Waals surface area contributed by atoms with Crippen LogP contribution in [0.4, 0.5) is 0 Å². The zero-order valence-electron chi connectivity index (χ0n) is 11.5. The van der Waals surface area contributed by atoms with E-state index in [1.54, 1.807) is 13.8 Å². The van der Waals surface area contributed by atoms with Gasteiger partial charge in [-0.05, 0) is 44.0 Å². The third-order valence-corrected chi connectivity index (χ3v) is 3.51. The third-order valence-electron chi connectivity index (χ3n) is 3.01. The van der Waals surface area contributed by atoms with Gasteiger partial charge < -0.3 is 10.1 Å². The number of carbonyl (C=O) groups excluding carboxylic acids is 2. The monoisotopic (exact) mass is 327 g/mol. The fourth-order valence-electron chi connectivity index (χ4n) is 1.57. The lowest BCUT2D eigenvalue weighted by molar-refractivity contribution is -0.156. The SMILES string of the molecule is COC(=O)C(C)(C)C(=O)NCc1cc(Br)ccc1C. The van der Waals surface area contributed by atoms with Crippen molar-refractivity contribution in [3.05, 3.63) is 33.8 Å². The van der Waals surface area contributed by atoms with Crippen LogP contribution in [0.2, 0.25) is 0 Å². The number of rotatable bonds is 4. The predicted octanol–water partition coefficient (Wildman–Crippen LogP) is 2.57. The Hall–Kier alpha value is -1.36. The van der Waals surface area contributed by atoms with Gasteiger partial charge in [-0.15, -0.1) is 0 Å². The van der Waals surface area contributed by atoms with Gasteiger partial charge in [0.25, 0.3) is 0 Å². The predicted molar refractivity (Wildman–Crippen MR) is 76.5 cm³/mol. The van der Waals surface area contributed by atoms with Crippen molar-refractivity contribution in [3.8, 4) is 0 Å². The van der Waals surface area contributed by atoms with Gasteiger partial charge in [0.15, 0.2) is 0 Å². The summed E-state index contributed by atoms with van der Waals surface area (Å²) in [6.45, 7) is 5.44. The highest BCUT2D eigenvalue weighted by atomic mass is 79.9. The highest BCUT2D eigenvalue weighted by Crippen LogP contribution is 2.19. The highest BCUT2D eigenvalue weighted by Gasteiger charge is 2.36. The molecule has 0 unspecified atom stereocenters. The number of benzene rings is 1. The largest absolute Gasteiger partial charge is 0.468 e. The molecule has 19 heavy (non-hydrogen) atoms. The maximum atomic E-state index is 12.0. The van der Waals surface area contributed by atoms with E-state index in [1.165, 1.54) is 7.11 Å². The first-order valence-corrected chi connectivity index (χ1v) is 6.70. The van der Waals surface area contributed by atoms with Crippen LogP contribution in [-0.4, -0.2) is 19.0 Å². The van der Waals surface area contributed by atoms with Crippen LogP contribution in [0.3, 0.4) is 0 Å². The maximum Gasteiger partial charge on any atom is 0.320 e. The summed E-state index contributed by atoms with van der Waals surface area (Å²) < 4.78 is 5.58. The number of halogens is 1. The quantitative estimate of drug-likeness (QED) is 0.683. The first-order valence-electron chi connectivity index (χ1n) is 5.90. The van der Waals surface area contributed by atoms with Crippen molar-refractivity contribution in [2.24, 2.45) is 5.41 Å². The van der Waals surface area contributed by atoms with Crippen LogP contribution in [0.15, 0.2) is 22.7 Å². The van der Waals surface area contributed by atoms with E-state index in [-0.39, 0.29) is 5.91 Å². The van der Waals surface area contributed by atoms with Gasteiger partial charge in [0, 0.05) is 11.0 Å². The summed E-state index contributed by atoms with van der Waals surface area (Å²) in [4.78, 5) is 23.5. The molecule has 104 valence electrons. The first kappa shape index (κ1) is 15.7. The molecule has 0 radical (unpaired) electrons. The number of nitrogens with one attached hydrogen (secondary N) is 1. The second-order valence-corrected chi connectivity index (χ2v) is 5.79. The molecule has 0 aliphatic heterocycles. The van der Waals surface area contributed by atoms with E-state index in [9.17, 15) is 9.59 Å². The minimum Gasteiger partial charge on any atom is -0.468 e. The Kier molecular flexibility index (Phi) is 5.11. The molecule has 0 atom stereocenters. The summed E-state index contributed by atoms with van der Waals surface area (Å²) in [6, 6.07) is 5.86. The Morgan fingerprint density at radius 2 is 2.00 bits per heavy atom. The minimum absolute atomic E-state index is 0.348. The lowest BCUT2D eigenvalue weighted by Crippen LogP contribution is -2.42. The molecule has 0 fully saturated rings. The highest BCUT2D eigenvalue weighted by molar-refractivity contribution is 9.10. The number of aryl methyl sites for hydroxylation is 1. The zero-order chi connectivity index (χ0) is 14.6. The lowest BCUT2D eigenvalue weighted by Gasteiger charge is -2.20. The van der Waals surface area contributed by atoms with Gasteiger partial charge in [-0.3, -0.25) is 9.59 Å². The Balaban J connectivity index is 2.74. The van der Waals surface area contributed by atoms with Crippen LogP contribution in [0.5, 0.6) is 0 Å². The van der Waals surface area contributed by atoms with Crippen molar-refractivity contribution in [3.63, 3.8) is 0 Å². The molecule has 0 aliphatic rings. The minimum atomic E-state index is -1.19. The number of carbonyl (C=O) groups is 2. The number of hydrogen-bond acceptors (Lipinski definition) is 3. The van der Waals surface area contributed by atoms with Crippen LogP contribution in [0, 0.1) is 12.3 Å². The van der Waals surface area contributed by atoms with Gasteiger partial charge in [0.2, 0.25) is 5.91 Å². The van der Waals surface area contributed by atoms with E-state index in [0.717, 1.165) is 15.6 Å². The third kappa shape index (κ3) is 3.80. The van der Waals surface area contributed by atoms with E-state index in [2.05, 4.69) is 26.0 Å².